The van der Waals surface area contributed by atoms with Crippen LogP contribution in [-0.4, -0.2) is 35.5 Å². The highest BCUT2D eigenvalue weighted by molar-refractivity contribution is 6.00. The third-order valence-electron chi connectivity index (χ3n) is 5.97. The molecule has 0 spiro atoms. The van der Waals surface area contributed by atoms with Crippen LogP contribution in [0.1, 0.15) is 0 Å². The first-order chi connectivity index (χ1) is 20.7. The van der Waals surface area contributed by atoms with E-state index in [1.165, 1.54) is 71.3 Å². The van der Waals surface area contributed by atoms with Gasteiger partial charge in [0.2, 0.25) is 0 Å². The highest BCUT2D eigenvalue weighted by Crippen LogP contribution is 2.53. The molecule has 0 aliphatic carbocycles. The third kappa shape index (κ3) is 6.14. The summed E-state index contributed by atoms with van der Waals surface area (Å²) in [6.45, 7) is 0. The van der Waals surface area contributed by atoms with Crippen molar-refractivity contribution in [3.63, 3.8) is 0 Å². The lowest BCUT2D eigenvalue weighted by atomic mass is 9.97. The van der Waals surface area contributed by atoms with Crippen LogP contribution in [0.3, 0.4) is 0 Å². The van der Waals surface area contributed by atoms with Crippen LogP contribution < -0.4 is 20.1 Å². The zero-order chi connectivity index (χ0) is 32.2. The van der Waals surface area contributed by atoms with E-state index in [0.717, 1.165) is 36.4 Å². The van der Waals surface area contributed by atoms with E-state index in [4.69, 9.17) is 9.47 Å². The molecule has 6 nitrogen and oxygen atoms in total. The first-order valence-electron chi connectivity index (χ1n) is 12.5. The molecule has 0 saturated heterocycles. The summed E-state index contributed by atoms with van der Waals surface area (Å²) in [5.41, 5.74) is -1.33. The molecule has 0 atom stereocenters. The molecule has 0 saturated carbocycles. The van der Waals surface area contributed by atoms with E-state index >= 15 is 0 Å². The van der Waals surface area contributed by atoms with Gasteiger partial charge in [-0.15, -0.1) is 0 Å². The highest BCUT2D eigenvalue weighted by Gasteiger charge is 2.84. The van der Waals surface area contributed by atoms with E-state index < -0.39 is 46.9 Å². The van der Waals surface area contributed by atoms with Crippen LogP contribution in [0.25, 0.3) is 0 Å². The molecule has 14 heteroatoms. The van der Waals surface area contributed by atoms with Crippen LogP contribution in [0, 0.1) is 0 Å². The van der Waals surface area contributed by atoms with E-state index in [1.807, 2.05) is 0 Å². The minimum absolute atomic E-state index is 0.124. The number of para-hydroxylation sites is 6. The van der Waals surface area contributed by atoms with E-state index in [9.17, 15) is 44.7 Å². The molecule has 2 amide bonds. The Bertz CT molecular complexity index is 1500. The fourth-order valence-electron chi connectivity index (χ4n) is 3.63. The summed E-state index contributed by atoms with van der Waals surface area (Å²) < 4.78 is 128. The molecule has 0 fully saturated rings. The van der Waals surface area contributed by atoms with Crippen molar-refractivity contribution in [2.45, 2.75) is 23.7 Å². The molecular formula is C30H20F8N2O4. The van der Waals surface area contributed by atoms with Crippen molar-refractivity contribution in [1.82, 2.24) is 0 Å². The van der Waals surface area contributed by atoms with Crippen molar-refractivity contribution < 1.29 is 54.2 Å². The van der Waals surface area contributed by atoms with Crippen molar-refractivity contribution in [2.24, 2.45) is 0 Å². The first kappa shape index (κ1) is 31.8. The third-order valence-corrected chi connectivity index (χ3v) is 5.97. The Morgan fingerprint density at radius 2 is 0.750 bits per heavy atom. The SMILES string of the molecule is O=C(Nc1ccccc1Oc1ccccc1)C(F)(F)C(F)(F)C(F)(F)C(F)(F)C(=O)Nc1ccccc1Oc1ccccc1. The van der Waals surface area contributed by atoms with E-state index in [0.29, 0.717) is 0 Å². The lowest BCUT2D eigenvalue weighted by Crippen LogP contribution is -2.67. The molecule has 0 unspecified atom stereocenters. The predicted octanol–water partition coefficient (Wildman–Crippen LogP) is 8.39. The lowest BCUT2D eigenvalue weighted by Gasteiger charge is -2.35. The maximum Gasteiger partial charge on any atom is 0.393 e. The molecule has 4 aromatic rings. The largest absolute Gasteiger partial charge is 0.455 e. The topological polar surface area (TPSA) is 76.7 Å². The summed E-state index contributed by atoms with van der Waals surface area (Å²) in [7, 11) is 0. The van der Waals surface area contributed by atoms with Gasteiger partial charge in [-0.2, -0.15) is 35.1 Å². The zero-order valence-corrected chi connectivity index (χ0v) is 22.0. The van der Waals surface area contributed by atoms with Crippen LogP contribution in [0.15, 0.2) is 109 Å². The standard InChI is InChI=1S/C30H20F8N2O4/c31-27(32,25(41)39-21-15-7-9-17-23(21)43-19-11-3-1-4-12-19)29(35,36)30(37,38)28(33,34)26(42)40-22-16-8-10-18-24(22)44-20-13-5-2-6-14-20/h1-18H,(H,39,41)(H,40,42). The number of hydrogen-bond donors (Lipinski definition) is 2. The van der Waals surface area contributed by atoms with Crippen LogP contribution in [0.2, 0.25) is 0 Å². The van der Waals surface area contributed by atoms with Gasteiger partial charge in [0.1, 0.15) is 11.5 Å². The molecule has 0 radical (unpaired) electrons. The number of hydrogen-bond acceptors (Lipinski definition) is 4. The second-order valence-electron chi connectivity index (χ2n) is 9.03. The first-order valence-corrected chi connectivity index (χ1v) is 12.5. The summed E-state index contributed by atoms with van der Waals surface area (Å²) in [6, 6.07) is 24.0. The number of carbonyl (C=O) groups is 2. The van der Waals surface area contributed by atoms with Gasteiger partial charge in [-0.3, -0.25) is 9.59 Å². The second kappa shape index (κ2) is 12.2. The van der Waals surface area contributed by atoms with Crippen LogP contribution in [-0.2, 0) is 9.59 Å². The minimum Gasteiger partial charge on any atom is -0.455 e. The quantitative estimate of drug-likeness (QED) is 0.164. The number of alkyl halides is 8. The maximum absolute atomic E-state index is 14.7. The Balaban J connectivity index is 1.55. The fraction of sp³-hybridized carbons (Fsp3) is 0.133. The number of carbonyl (C=O) groups excluding carboxylic acids is 2. The number of rotatable bonds is 11. The second-order valence-corrected chi connectivity index (χ2v) is 9.03. The molecule has 4 aromatic carbocycles. The summed E-state index contributed by atoms with van der Waals surface area (Å²) in [5, 5.41) is 2.62. The number of ether oxygens (including phenoxy) is 2. The van der Waals surface area contributed by atoms with Crippen molar-refractivity contribution in [3.8, 4) is 23.0 Å². The Kier molecular flexibility index (Phi) is 8.83. The molecule has 44 heavy (non-hydrogen) atoms. The number of benzene rings is 4. The molecule has 0 heterocycles. The van der Waals surface area contributed by atoms with Crippen LogP contribution in [0.5, 0.6) is 23.0 Å². The Morgan fingerprint density at radius 1 is 0.455 bits per heavy atom. The molecule has 4 rings (SSSR count). The molecule has 0 aliphatic rings. The average molecular weight is 624 g/mol. The van der Waals surface area contributed by atoms with Gasteiger partial charge in [0.05, 0.1) is 11.4 Å². The van der Waals surface area contributed by atoms with Gasteiger partial charge in [-0.25, -0.2) is 0 Å². The molecule has 230 valence electrons. The van der Waals surface area contributed by atoms with Gasteiger partial charge >= 0.3 is 35.5 Å². The zero-order valence-electron chi connectivity index (χ0n) is 22.0. The van der Waals surface area contributed by atoms with Gasteiger partial charge in [0.25, 0.3) is 0 Å². The number of nitrogens with one attached hydrogen (secondary N) is 2. The summed E-state index contributed by atoms with van der Waals surface area (Å²) in [6.07, 6.45) is 0. The molecule has 0 bridgehead atoms. The smallest absolute Gasteiger partial charge is 0.393 e. The van der Waals surface area contributed by atoms with Crippen LogP contribution in [0.4, 0.5) is 46.5 Å². The summed E-state index contributed by atoms with van der Waals surface area (Å²) >= 11 is 0. The summed E-state index contributed by atoms with van der Waals surface area (Å²) in [5.74, 6) is -33.7. The predicted molar refractivity (Wildman–Crippen MR) is 143 cm³/mol. The normalized spacial score (nSPS) is 12.3. The average Bonchev–Trinajstić information content (AvgIpc) is 2.99. The van der Waals surface area contributed by atoms with Crippen molar-refractivity contribution in [3.05, 3.63) is 109 Å². The van der Waals surface area contributed by atoms with Crippen LogP contribution >= 0.6 is 0 Å². The van der Waals surface area contributed by atoms with Gasteiger partial charge in [0, 0.05) is 0 Å². The van der Waals surface area contributed by atoms with E-state index in [-0.39, 0.29) is 23.0 Å². The number of halogens is 8. The Labute approximate surface area is 244 Å². The highest BCUT2D eigenvalue weighted by atomic mass is 19.4. The molecular weight excluding hydrogens is 604 g/mol. The van der Waals surface area contributed by atoms with E-state index in [1.54, 1.807) is 12.1 Å². The van der Waals surface area contributed by atoms with Crippen molar-refractivity contribution in [1.29, 1.82) is 0 Å². The Hall–Kier alpha value is -5.14. The molecule has 0 aromatic heterocycles. The minimum atomic E-state index is -7.08. The van der Waals surface area contributed by atoms with Gasteiger partial charge in [-0.1, -0.05) is 60.7 Å². The van der Waals surface area contributed by atoms with Gasteiger partial charge < -0.3 is 20.1 Å². The monoisotopic (exact) mass is 624 g/mol. The number of amides is 2. The molecule has 2 N–H and O–H groups in total. The molecule has 0 aliphatic heterocycles. The van der Waals surface area contributed by atoms with Gasteiger partial charge in [-0.05, 0) is 48.5 Å². The summed E-state index contributed by atoms with van der Waals surface area (Å²) in [4.78, 5) is 24.5. The van der Waals surface area contributed by atoms with Gasteiger partial charge in [0.15, 0.2) is 11.5 Å². The number of anilines is 2. The maximum atomic E-state index is 14.7. The fourth-order valence-corrected chi connectivity index (χ4v) is 3.63. The lowest BCUT2D eigenvalue weighted by molar-refractivity contribution is -0.345. The Morgan fingerprint density at radius 3 is 1.09 bits per heavy atom. The van der Waals surface area contributed by atoms with E-state index in [2.05, 4.69) is 0 Å². The van der Waals surface area contributed by atoms with Crippen molar-refractivity contribution >= 4 is 23.2 Å². The van der Waals surface area contributed by atoms with Crippen molar-refractivity contribution in [2.75, 3.05) is 10.6 Å².